The zero-order valence-electron chi connectivity index (χ0n) is 10.1. The summed E-state index contributed by atoms with van der Waals surface area (Å²) >= 11 is 2.20. The summed E-state index contributed by atoms with van der Waals surface area (Å²) in [4.78, 5) is 23.3. The highest BCUT2D eigenvalue weighted by Gasteiger charge is 2.46. The molecule has 2 atom stereocenters. The van der Waals surface area contributed by atoms with E-state index in [1.807, 2.05) is 24.3 Å². The van der Waals surface area contributed by atoms with Gasteiger partial charge in [0, 0.05) is 9.99 Å². The van der Waals surface area contributed by atoms with E-state index >= 15 is 0 Å². The Kier molecular flexibility index (Phi) is 3.61. The third-order valence-corrected chi connectivity index (χ3v) is 3.55. The molecule has 0 aliphatic carbocycles. The first-order valence-electron chi connectivity index (χ1n) is 5.59. The van der Waals surface area contributed by atoms with Crippen molar-refractivity contribution in [3.8, 4) is 0 Å². The number of halogens is 1. The van der Waals surface area contributed by atoms with Crippen LogP contribution in [0, 0.1) is 3.57 Å². The fraction of sp³-hybridized carbons (Fsp3) is 0.385. The summed E-state index contributed by atoms with van der Waals surface area (Å²) in [6.07, 6.45) is -0.497. The first-order valence-corrected chi connectivity index (χ1v) is 6.67. The van der Waals surface area contributed by atoms with Gasteiger partial charge in [0.25, 0.3) is 0 Å². The highest BCUT2D eigenvalue weighted by atomic mass is 127. The predicted molar refractivity (Wildman–Crippen MR) is 72.9 cm³/mol. The Labute approximate surface area is 119 Å². The number of cyclic esters (lactones) is 2. The van der Waals surface area contributed by atoms with Gasteiger partial charge in [-0.15, -0.1) is 0 Å². The lowest BCUT2D eigenvalue weighted by atomic mass is 9.95. The average molecular weight is 360 g/mol. The molecule has 0 saturated carbocycles. The summed E-state index contributed by atoms with van der Waals surface area (Å²) in [6, 6.07) is 7.70. The van der Waals surface area contributed by atoms with Crippen LogP contribution in [-0.2, 0) is 25.5 Å². The number of benzene rings is 1. The molecule has 0 radical (unpaired) electrons. The molecule has 18 heavy (non-hydrogen) atoms. The van der Waals surface area contributed by atoms with Gasteiger partial charge >= 0.3 is 11.9 Å². The Hall–Kier alpha value is -1.11. The lowest BCUT2D eigenvalue weighted by Crippen LogP contribution is -2.52. The van der Waals surface area contributed by atoms with E-state index in [9.17, 15) is 9.59 Å². The summed E-state index contributed by atoms with van der Waals surface area (Å²) in [5.41, 5.74) is -0.298. The Morgan fingerprint density at radius 3 is 2.50 bits per heavy atom. The van der Waals surface area contributed by atoms with Crippen LogP contribution in [0.25, 0.3) is 0 Å². The van der Waals surface area contributed by atoms with Crippen LogP contribution < -0.4 is 0 Å². The molecule has 1 fully saturated rings. The van der Waals surface area contributed by atoms with Gasteiger partial charge < -0.3 is 9.47 Å². The van der Waals surface area contributed by atoms with E-state index in [1.54, 1.807) is 6.92 Å². The molecule has 2 rings (SSSR count). The quantitative estimate of drug-likeness (QED) is 0.599. The molecule has 1 aromatic rings. The van der Waals surface area contributed by atoms with Crippen LogP contribution in [0.3, 0.4) is 0 Å². The van der Waals surface area contributed by atoms with Gasteiger partial charge in [-0.05, 0) is 54.1 Å². The molecule has 0 N–H and O–H groups in total. The fourth-order valence-corrected chi connectivity index (χ4v) is 2.14. The van der Waals surface area contributed by atoms with Gasteiger partial charge in [-0.3, -0.25) is 0 Å². The van der Waals surface area contributed by atoms with Crippen LogP contribution in [0.15, 0.2) is 24.3 Å². The molecule has 4 nitrogen and oxygen atoms in total. The van der Waals surface area contributed by atoms with Crippen molar-refractivity contribution in [2.45, 2.75) is 32.0 Å². The van der Waals surface area contributed by atoms with Gasteiger partial charge in [0.1, 0.15) is 0 Å². The van der Waals surface area contributed by atoms with Crippen molar-refractivity contribution in [1.29, 1.82) is 0 Å². The molecule has 1 heterocycles. The van der Waals surface area contributed by atoms with Crippen molar-refractivity contribution in [2.24, 2.45) is 0 Å². The maximum Gasteiger partial charge on any atom is 0.351 e. The third-order valence-electron chi connectivity index (χ3n) is 2.83. The monoisotopic (exact) mass is 360 g/mol. The van der Waals surface area contributed by atoms with Crippen molar-refractivity contribution >= 4 is 34.5 Å². The molecule has 2 unspecified atom stereocenters. The number of carbonyl (C=O) groups excluding carboxylic acids is 2. The van der Waals surface area contributed by atoms with E-state index in [-0.39, 0.29) is 0 Å². The van der Waals surface area contributed by atoms with Gasteiger partial charge in [-0.25, -0.2) is 9.59 Å². The maximum atomic E-state index is 11.8. The Balaban J connectivity index is 2.18. The molecule has 96 valence electrons. The van der Waals surface area contributed by atoms with Crippen LogP contribution in [0.5, 0.6) is 0 Å². The molecule has 0 spiro atoms. The normalized spacial score (nSPS) is 27.6. The number of hydrogen-bond acceptors (Lipinski definition) is 4. The minimum absolute atomic E-state index is 0.321. The van der Waals surface area contributed by atoms with Gasteiger partial charge in [0.05, 0.1) is 0 Å². The summed E-state index contributed by atoms with van der Waals surface area (Å²) in [7, 11) is 0. The summed E-state index contributed by atoms with van der Waals surface area (Å²) in [6.45, 7) is 3.09. The molecular weight excluding hydrogens is 347 g/mol. The van der Waals surface area contributed by atoms with Crippen molar-refractivity contribution < 1.29 is 19.1 Å². The molecule has 1 saturated heterocycles. The molecule has 0 amide bonds. The van der Waals surface area contributed by atoms with Crippen LogP contribution in [0.2, 0.25) is 0 Å². The second kappa shape index (κ2) is 4.87. The zero-order valence-corrected chi connectivity index (χ0v) is 12.3. The number of hydrogen-bond donors (Lipinski definition) is 0. The second-order valence-corrected chi connectivity index (χ2v) is 5.75. The van der Waals surface area contributed by atoms with Crippen LogP contribution in [0.1, 0.15) is 19.4 Å². The first kappa shape index (κ1) is 13.3. The lowest BCUT2D eigenvalue weighted by molar-refractivity contribution is -0.207. The van der Waals surface area contributed by atoms with Crippen LogP contribution in [-0.4, -0.2) is 23.6 Å². The SMILES string of the molecule is CC1OC(=O)C(C)(Cc2ccc(I)cc2)OC1=O. The van der Waals surface area contributed by atoms with E-state index in [2.05, 4.69) is 22.6 Å². The smallest absolute Gasteiger partial charge is 0.351 e. The Morgan fingerprint density at radius 2 is 1.89 bits per heavy atom. The molecule has 0 bridgehead atoms. The minimum atomic E-state index is -1.23. The van der Waals surface area contributed by atoms with E-state index in [0.717, 1.165) is 9.13 Å². The number of carbonyl (C=O) groups is 2. The molecule has 1 aliphatic rings. The third kappa shape index (κ3) is 2.66. The Morgan fingerprint density at radius 1 is 1.28 bits per heavy atom. The molecule has 1 aromatic carbocycles. The number of rotatable bonds is 2. The van der Waals surface area contributed by atoms with Crippen molar-refractivity contribution in [3.05, 3.63) is 33.4 Å². The van der Waals surface area contributed by atoms with Gasteiger partial charge in [-0.2, -0.15) is 0 Å². The van der Waals surface area contributed by atoms with E-state index in [1.165, 1.54) is 6.92 Å². The van der Waals surface area contributed by atoms with Gasteiger partial charge in [0.2, 0.25) is 5.60 Å². The van der Waals surface area contributed by atoms with Crippen LogP contribution in [0.4, 0.5) is 0 Å². The first-order chi connectivity index (χ1) is 8.40. The van der Waals surface area contributed by atoms with Crippen molar-refractivity contribution in [1.82, 2.24) is 0 Å². The molecule has 0 aromatic heterocycles. The molecule has 5 heteroatoms. The minimum Gasteiger partial charge on any atom is -0.448 e. The summed E-state index contributed by atoms with van der Waals surface area (Å²) in [5, 5.41) is 0. The van der Waals surface area contributed by atoms with E-state index in [0.29, 0.717) is 6.42 Å². The van der Waals surface area contributed by atoms with Gasteiger partial charge in [-0.1, -0.05) is 12.1 Å². The Bertz CT molecular complexity index is 482. The van der Waals surface area contributed by atoms with E-state index in [4.69, 9.17) is 9.47 Å². The topological polar surface area (TPSA) is 52.6 Å². The largest absolute Gasteiger partial charge is 0.448 e. The van der Waals surface area contributed by atoms with Crippen molar-refractivity contribution in [3.63, 3.8) is 0 Å². The number of ether oxygens (including phenoxy) is 2. The zero-order chi connectivity index (χ0) is 13.3. The predicted octanol–water partition coefficient (Wildman–Crippen LogP) is 2.08. The average Bonchev–Trinajstić information content (AvgIpc) is 2.30. The molecular formula is C13H13IO4. The highest BCUT2D eigenvalue weighted by Crippen LogP contribution is 2.25. The van der Waals surface area contributed by atoms with Crippen molar-refractivity contribution in [2.75, 3.05) is 0 Å². The van der Waals surface area contributed by atoms with E-state index < -0.39 is 23.6 Å². The molecule has 1 aliphatic heterocycles. The number of esters is 2. The standard InChI is InChI=1S/C13H13IO4/c1-8-11(15)18-13(2,12(16)17-8)7-9-3-5-10(14)6-4-9/h3-6,8H,7H2,1-2H3. The summed E-state index contributed by atoms with van der Waals surface area (Å²) in [5.74, 6) is -0.990. The second-order valence-electron chi connectivity index (χ2n) is 4.50. The highest BCUT2D eigenvalue weighted by molar-refractivity contribution is 14.1. The summed E-state index contributed by atoms with van der Waals surface area (Å²) < 4.78 is 11.3. The van der Waals surface area contributed by atoms with Gasteiger partial charge in [0.15, 0.2) is 6.10 Å². The van der Waals surface area contributed by atoms with Crippen LogP contribution >= 0.6 is 22.6 Å². The lowest BCUT2D eigenvalue weighted by Gasteiger charge is -2.33. The maximum absolute atomic E-state index is 11.8. The fourth-order valence-electron chi connectivity index (χ4n) is 1.78.